The maximum absolute atomic E-state index is 13.2. The van der Waals surface area contributed by atoms with E-state index >= 15 is 0 Å². The number of aryl methyl sites for hydroxylation is 1. The van der Waals surface area contributed by atoms with Crippen LogP contribution in [0.15, 0.2) is 103 Å². The minimum absolute atomic E-state index is 0.571. The van der Waals surface area contributed by atoms with Gasteiger partial charge in [-0.25, -0.2) is 0 Å². The van der Waals surface area contributed by atoms with Gasteiger partial charge in [-0.3, -0.25) is 0 Å². The minimum Gasteiger partial charge on any atom is -0.363 e. The second-order valence-electron chi connectivity index (χ2n) is 7.91. The Balaban J connectivity index is 1.67. The third-order valence-electron chi connectivity index (χ3n) is 5.51. The van der Waals surface area contributed by atoms with Crippen molar-refractivity contribution >= 4 is 5.69 Å². The van der Waals surface area contributed by atoms with Gasteiger partial charge in [-0.15, -0.1) is 0 Å². The molecular weight excluding hydrogens is 407 g/mol. The molecule has 0 saturated heterocycles. The van der Waals surface area contributed by atoms with Gasteiger partial charge in [0.05, 0.1) is 5.56 Å². The van der Waals surface area contributed by atoms with Crippen molar-refractivity contribution in [3.05, 3.63) is 125 Å². The molecule has 0 aliphatic carbocycles. The van der Waals surface area contributed by atoms with E-state index < -0.39 is 11.7 Å². The van der Waals surface area contributed by atoms with Crippen LogP contribution < -0.4 is 4.90 Å². The lowest BCUT2D eigenvalue weighted by molar-refractivity contribution is -0.137. The third-order valence-corrected chi connectivity index (χ3v) is 5.51. The lowest BCUT2D eigenvalue weighted by atomic mass is 9.97. The van der Waals surface area contributed by atoms with Crippen LogP contribution in [0, 0.1) is 6.92 Å². The van der Waals surface area contributed by atoms with E-state index in [0.29, 0.717) is 5.56 Å². The monoisotopic (exact) mass is 431 g/mol. The molecule has 0 heterocycles. The van der Waals surface area contributed by atoms with Crippen LogP contribution in [0.5, 0.6) is 0 Å². The highest BCUT2D eigenvalue weighted by Crippen LogP contribution is 2.34. The fourth-order valence-corrected chi connectivity index (χ4v) is 3.88. The van der Waals surface area contributed by atoms with Crippen LogP contribution in [0.25, 0.3) is 11.1 Å². The molecule has 0 amide bonds. The van der Waals surface area contributed by atoms with E-state index in [1.807, 2.05) is 55.5 Å². The fourth-order valence-electron chi connectivity index (χ4n) is 3.88. The molecule has 0 unspecified atom stereocenters. The summed E-state index contributed by atoms with van der Waals surface area (Å²) in [6, 6.07) is 32.0. The van der Waals surface area contributed by atoms with Crippen LogP contribution in [-0.2, 0) is 19.3 Å². The zero-order valence-corrected chi connectivity index (χ0v) is 17.8. The molecule has 0 N–H and O–H groups in total. The van der Waals surface area contributed by atoms with Crippen molar-refractivity contribution in [3.63, 3.8) is 0 Å². The Morgan fingerprint density at radius 2 is 1.25 bits per heavy atom. The number of benzene rings is 4. The highest BCUT2D eigenvalue weighted by atomic mass is 19.4. The summed E-state index contributed by atoms with van der Waals surface area (Å²) in [7, 11) is 0. The molecule has 4 heteroatoms. The summed E-state index contributed by atoms with van der Waals surface area (Å²) in [6.45, 7) is 3.42. The quantitative estimate of drug-likeness (QED) is 0.300. The van der Waals surface area contributed by atoms with Crippen LogP contribution in [0.3, 0.4) is 0 Å². The maximum atomic E-state index is 13.2. The zero-order chi connectivity index (χ0) is 22.6. The number of hydrogen-bond donors (Lipinski definition) is 0. The van der Waals surface area contributed by atoms with Crippen molar-refractivity contribution in [2.45, 2.75) is 26.2 Å². The Bertz CT molecular complexity index is 1130. The van der Waals surface area contributed by atoms with Crippen LogP contribution in [0.2, 0.25) is 0 Å². The van der Waals surface area contributed by atoms with E-state index in [2.05, 4.69) is 35.2 Å². The molecule has 4 aromatic rings. The third kappa shape index (κ3) is 5.20. The normalized spacial score (nSPS) is 11.4. The molecule has 0 saturated carbocycles. The lowest BCUT2D eigenvalue weighted by Gasteiger charge is -2.26. The first-order valence-corrected chi connectivity index (χ1v) is 10.5. The summed E-state index contributed by atoms with van der Waals surface area (Å²) < 4.78 is 39.5. The Kier molecular flexibility index (Phi) is 6.31. The van der Waals surface area contributed by atoms with E-state index in [0.717, 1.165) is 36.0 Å². The topological polar surface area (TPSA) is 3.24 Å². The van der Waals surface area contributed by atoms with Crippen LogP contribution in [0.4, 0.5) is 18.9 Å². The van der Waals surface area contributed by atoms with Gasteiger partial charge in [0.2, 0.25) is 0 Å². The van der Waals surface area contributed by atoms with Gasteiger partial charge >= 0.3 is 6.18 Å². The molecule has 0 bridgehead atoms. The van der Waals surface area contributed by atoms with E-state index in [-0.39, 0.29) is 0 Å². The summed E-state index contributed by atoms with van der Waals surface area (Å²) in [6.07, 6.45) is -4.36. The van der Waals surface area contributed by atoms with Crippen molar-refractivity contribution in [1.29, 1.82) is 0 Å². The van der Waals surface area contributed by atoms with Crippen molar-refractivity contribution in [1.82, 2.24) is 0 Å². The molecule has 0 aliphatic heterocycles. The van der Waals surface area contributed by atoms with Gasteiger partial charge < -0.3 is 4.90 Å². The predicted molar refractivity (Wildman–Crippen MR) is 124 cm³/mol. The number of anilines is 1. The first-order valence-electron chi connectivity index (χ1n) is 10.5. The number of alkyl halides is 3. The number of halogens is 3. The summed E-state index contributed by atoms with van der Waals surface area (Å²) in [5.74, 6) is 0. The van der Waals surface area contributed by atoms with Gasteiger partial charge in [-0.2, -0.15) is 13.2 Å². The second-order valence-corrected chi connectivity index (χ2v) is 7.91. The zero-order valence-electron chi connectivity index (χ0n) is 17.8. The molecule has 0 spiro atoms. The molecule has 162 valence electrons. The highest BCUT2D eigenvalue weighted by Gasteiger charge is 2.30. The standard InChI is InChI=1S/C28H24F3N/c1-21-17-26(15-16-27(21)24-13-8-14-25(18-24)28(29,30)31)32(19-22-9-4-2-5-10-22)20-23-11-6-3-7-12-23/h2-18H,19-20H2,1H3. The highest BCUT2D eigenvalue weighted by molar-refractivity contribution is 5.71. The molecule has 32 heavy (non-hydrogen) atoms. The Labute approximate surface area is 186 Å². The first kappa shape index (κ1) is 21.7. The van der Waals surface area contributed by atoms with Crippen LogP contribution in [0.1, 0.15) is 22.3 Å². The van der Waals surface area contributed by atoms with Crippen LogP contribution in [-0.4, -0.2) is 0 Å². The van der Waals surface area contributed by atoms with Gasteiger partial charge in [0.15, 0.2) is 0 Å². The number of rotatable bonds is 6. The summed E-state index contributed by atoms with van der Waals surface area (Å²) in [4.78, 5) is 2.29. The van der Waals surface area contributed by atoms with Gasteiger partial charge in [-0.05, 0) is 59.0 Å². The molecule has 0 radical (unpaired) electrons. The number of nitrogens with zero attached hydrogens (tertiary/aromatic N) is 1. The summed E-state index contributed by atoms with van der Waals surface area (Å²) in [5.41, 5.74) is 5.11. The number of hydrogen-bond acceptors (Lipinski definition) is 1. The fraction of sp³-hybridized carbons (Fsp3) is 0.143. The van der Waals surface area contributed by atoms with E-state index in [9.17, 15) is 13.2 Å². The van der Waals surface area contributed by atoms with E-state index in [1.54, 1.807) is 6.07 Å². The molecule has 0 aromatic heterocycles. The Morgan fingerprint density at radius 1 is 0.656 bits per heavy atom. The molecular formula is C28H24F3N. The lowest BCUT2D eigenvalue weighted by Crippen LogP contribution is -2.22. The van der Waals surface area contributed by atoms with Crippen molar-refractivity contribution in [3.8, 4) is 11.1 Å². The van der Waals surface area contributed by atoms with E-state index in [1.165, 1.54) is 23.3 Å². The van der Waals surface area contributed by atoms with Crippen LogP contribution >= 0.6 is 0 Å². The molecule has 4 aromatic carbocycles. The SMILES string of the molecule is Cc1cc(N(Cc2ccccc2)Cc2ccccc2)ccc1-c1cccc(C(F)(F)F)c1. The molecule has 0 aliphatic rings. The maximum Gasteiger partial charge on any atom is 0.416 e. The first-order chi connectivity index (χ1) is 15.4. The van der Waals surface area contributed by atoms with Gasteiger partial charge in [0.25, 0.3) is 0 Å². The van der Waals surface area contributed by atoms with Gasteiger partial charge in [0, 0.05) is 18.8 Å². The van der Waals surface area contributed by atoms with Crippen molar-refractivity contribution in [2.75, 3.05) is 4.90 Å². The Morgan fingerprint density at radius 3 is 1.78 bits per heavy atom. The second kappa shape index (κ2) is 9.31. The van der Waals surface area contributed by atoms with E-state index in [4.69, 9.17) is 0 Å². The van der Waals surface area contributed by atoms with Crippen molar-refractivity contribution in [2.24, 2.45) is 0 Å². The molecule has 0 atom stereocenters. The summed E-state index contributed by atoms with van der Waals surface area (Å²) >= 11 is 0. The van der Waals surface area contributed by atoms with Gasteiger partial charge in [-0.1, -0.05) is 78.9 Å². The Hall–Kier alpha value is -3.53. The predicted octanol–water partition coefficient (Wildman–Crippen LogP) is 7.89. The molecule has 4 rings (SSSR count). The minimum atomic E-state index is -4.36. The molecule has 0 fully saturated rings. The molecule has 1 nitrogen and oxygen atoms in total. The van der Waals surface area contributed by atoms with Gasteiger partial charge in [0.1, 0.15) is 0 Å². The summed E-state index contributed by atoms with van der Waals surface area (Å²) in [5, 5.41) is 0. The average Bonchev–Trinajstić information content (AvgIpc) is 2.79. The largest absolute Gasteiger partial charge is 0.416 e. The van der Waals surface area contributed by atoms with Crippen molar-refractivity contribution < 1.29 is 13.2 Å². The smallest absolute Gasteiger partial charge is 0.363 e. The average molecular weight is 432 g/mol.